The summed E-state index contributed by atoms with van der Waals surface area (Å²) in [5, 5.41) is 21.0. The molecule has 0 bridgehead atoms. The average Bonchev–Trinajstić information content (AvgIpc) is 3.40. The highest BCUT2D eigenvalue weighted by atomic mass is 16.6. The summed E-state index contributed by atoms with van der Waals surface area (Å²) in [5.74, 6) is -1.33. The normalized spacial score (nSPS) is 25.3. The monoisotopic (exact) mass is 516 g/mol. The molecule has 2 aliphatic heterocycles. The van der Waals surface area contributed by atoms with Gasteiger partial charge in [-0.3, -0.25) is 19.7 Å². The van der Waals surface area contributed by atoms with E-state index in [1.165, 1.54) is 23.8 Å². The molecule has 8 heteroatoms. The number of amides is 2. The summed E-state index contributed by atoms with van der Waals surface area (Å²) in [6, 6.07) is 12.8. The minimum atomic E-state index is -0.523. The predicted molar refractivity (Wildman–Crippen MR) is 143 cm³/mol. The molecule has 0 spiro atoms. The summed E-state index contributed by atoms with van der Waals surface area (Å²) in [7, 11) is 0. The maximum atomic E-state index is 13.7. The fourth-order valence-electron chi connectivity index (χ4n) is 6.29. The lowest BCUT2D eigenvalue weighted by molar-refractivity contribution is -0.384. The molecule has 3 aliphatic rings. The second-order valence-corrected chi connectivity index (χ2v) is 10.8. The molecule has 8 nitrogen and oxygen atoms in total. The molecule has 2 aromatic rings. The van der Waals surface area contributed by atoms with Crippen molar-refractivity contribution >= 4 is 29.3 Å². The van der Waals surface area contributed by atoms with E-state index in [4.69, 9.17) is 4.74 Å². The van der Waals surface area contributed by atoms with Crippen LogP contribution >= 0.6 is 0 Å². The Labute approximate surface area is 221 Å². The number of imide groups is 1. The lowest BCUT2D eigenvalue weighted by Crippen LogP contribution is -2.35. The topological polar surface area (TPSA) is 110 Å². The molecule has 2 aromatic carbocycles. The Morgan fingerprint density at radius 3 is 2.63 bits per heavy atom. The lowest BCUT2D eigenvalue weighted by atomic mass is 9.67. The molecule has 0 aromatic heterocycles. The summed E-state index contributed by atoms with van der Waals surface area (Å²) in [6.07, 6.45) is 3.99. The summed E-state index contributed by atoms with van der Waals surface area (Å²) >= 11 is 0. The highest BCUT2D eigenvalue weighted by molar-refractivity contribution is 6.22. The van der Waals surface area contributed by atoms with Gasteiger partial charge in [0, 0.05) is 18.1 Å². The van der Waals surface area contributed by atoms with Crippen molar-refractivity contribution in [2.45, 2.75) is 46.1 Å². The lowest BCUT2D eigenvalue weighted by Gasteiger charge is -2.33. The van der Waals surface area contributed by atoms with Crippen LogP contribution in [-0.2, 0) is 14.3 Å². The van der Waals surface area contributed by atoms with Crippen LogP contribution in [0.5, 0.6) is 5.75 Å². The minimum Gasteiger partial charge on any atom is -0.508 e. The highest BCUT2D eigenvalue weighted by Crippen LogP contribution is 2.52. The van der Waals surface area contributed by atoms with Crippen LogP contribution in [0.4, 0.5) is 11.4 Å². The standard InChI is InChI=1S/C30H32N2O6/c1-17(2)23-15-24-28(30(35)31(29(24)34)20-7-5-8-21(14-20)32(36)37)25-16-38-26(27(23)25)11-10-18(3)12-19-6-4-9-22(33)13-19/h4-9,12-14,17,24-26,28,33H,10-11,15-16H2,1-3H3/b18-12+/t24-,25+,26-,28-/m1/s1. The summed E-state index contributed by atoms with van der Waals surface area (Å²) in [5.41, 5.74) is 4.54. The number of phenols is 1. The smallest absolute Gasteiger partial charge is 0.271 e. The van der Waals surface area contributed by atoms with E-state index in [0.717, 1.165) is 34.5 Å². The first-order valence-electron chi connectivity index (χ1n) is 13.1. The third-order valence-electron chi connectivity index (χ3n) is 8.02. The number of allylic oxidation sites excluding steroid dienone is 2. The Bertz CT molecular complexity index is 1360. The number of fused-ring (bicyclic) bond motifs is 3. The molecule has 198 valence electrons. The molecule has 2 heterocycles. The fraction of sp³-hybridized carbons (Fsp3) is 0.400. The maximum absolute atomic E-state index is 13.7. The Morgan fingerprint density at radius 1 is 1.16 bits per heavy atom. The van der Waals surface area contributed by atoms with Crippen LogP contribution in [0.25, 0.3) is 6.08 Å². The van der Waals surface area contributed by atoms with Crippen LogP contribution in [0.2, 0.25) is 0 Å². The number of rotatable bonds is 7. The van der Waals surface area contributed by atoms with E-state index in [1.807, 2.05) is 12.1 Å². The molecule has 1 aliphatic carbocycles. The van der Waals surface area contributed by atoms with Crippen molar-refractivity contribution in [2.75, 3.05) is 11.5 Å². The number of aromatic hydroxyl groups is 1. The molecule has 2 amide bonds. The zero-order valence-corrected chi connectivity index (χ0v) is 21.8. The molecule has 2 saturated heterocycles. The number of nitro benzene ring substituents is 1. The first-order valence-corrected chi connectivity index (χ1v) is 13.1. The van der Waals surface area contributed by atoms with Crippen molar-refractivity contribution in [3.05, 3.63) is 80.9 Å². The molecule has 38 heavy (non-hydrogen) atoms. The fourth-order valence-corrected chi connectivity index (χ4v) is 6.29. The van der Waals surface area contributed by atoms with Crippen molar-refractivity contribution in [2.24, 2.45) is 23.7 Å². The van der Waals surface area contributed by atoms with Gasteiger partial charge in [-0.2, -0.15) is 0 Å². The van der Waals surface area contributed by atoms with Gasteiger partial charge in [0.05, 0.1) is 35.2 Å². The van der Waals surface area contributed by atoms with Crippen LogP contribution in [0, 0.1) is 33.8 Å². The Morgan fingerprint density at radius 2 is 1.92 bits per heavy atom. The molecular formula is C30H32N2O6. The molecule has 0 unspecified atom stereocenters. The van der Waals surface area contributed by atoms with Crippen molar-refractivity contribution in [1.29, 1.82) is 0 Å². The van der Waals surface area contributed by atoms with Gasteiger partial charge in [-0.05, 0) is 61.4 Å². The van der Waals surface area contributed by atoms with Gasteiger partial charge in [-0.25, -0.2) is 4.90 Å². The van der Waals surface area contributed by atoms with Crippen molar-refractivity contribution < 1.29 is 24.4 Å². The summed E-state index contributed by atoms with van der Waals surface area (Å²) < 4.78 is 6.29. The number of hydrogen-bond donors (Lipinski definition) is 1. The first kappa shape index (κ1) is 25.9. The number of ether oxygens (including phenoxy) is 1. The van der Waals surface area contributed by atoms with Gasteiger partial charge in [0.2, 0.25) is 11.8 Å². The van der Waals surface area contributed by atoms with Crippen LogP contribution in [0.15, 0.2) is 65.3 Å². The number of phenolic OH excluding ortho intramolecular Hbond substituents is 1. The number of carbonyl (C=O) groups excluding carboxylic acids is 2. The third kappa shape index (κ3) is 4.65. The van der Waals surface area contributed by atoms with Gasteiger partial charge in [0.1, 0.15) is 5.75 Å². The Hall–Kier alpha value is -3.78. The SMILES string of the molecule is C/C(=C\c1cccc(O)c1)CC[C@H]1OC[C@H]2C1=C(C(C)C)C[C@H]1C(=O)N(c3cccc([N+](=O)[O-])c3)C(=O)[C@H]12. The largest absolute Gasteiger partial charge is 0.508 e. The number of carbonyl (C=O) groups is 2. The minimum absolute atomic E-state index is 0.124. The van der Waals surface area contributed by atoms with Gasteiger partial charge in [-0.15, -0.1) is 0 Å². The number of nitrogens with zero attached hydrogens (tertiary/aromatic N) is 2. The summed E-state index contributed by atoms with van der Waals surface area (Å²) in [6.45, 7) is 6.67. The second kappa shape index (κ2) is 10.2. The average molecular weight is 517 g/mol. The van der Waals surface area contributed by atoms with E-state index < -0.39 is 16.8 Å². The zero-order valence-electron chi connectivity index (χ0n) is 21.8. The van der Waals surface area contributed by atoms with Crippen LogP contribution in [0.1, 0.15) is 45.6 Å². The third-order valence-corrected chi connectivity index (χ3v) is 8.02. The van der Waals surface area contributed by atoms with Crippen LogP contribution < -0.4 is 4.90 Å². The number of anilines is 1. The van der Waals surface area contributed by atoms with E-state index in [-0.39, 0.29) is 46.9 Å². The zero-order chi connectivity index (χ0) is 27.1. The highest BCUT2D eigenvalue weighted by Gasteiger charge is 2.57. The van der Waals surface area contributed by atoms with Crippen LogP contribution in [-0.4, -0.2) is 34.6 Å². The molecular weight excluding hydrogens is 484 g/mol. The van der Waals surface area contributed by atoms with E-state index in [2.05, 4.69) is 26.8 Å². The van der Waals surface area contributed by atoms with Gasteiger partial charge in [-0.1, -0.05) is 49.3 Å². The number of non-ortho nitro benzene ring substituents is 1. The van der Waals surface area contributed by atoms with Gasteiger partial charge >= 0.3 is 0 Å². The van der Waals surface area contributed by atoms with Gasteiger partial charge in [0.25, 0.3) is 5.69 Å². The van der Waals surface area contributed by atoms with Gasteiger partial charge in [0.15, 0.2) is 0 Å². The van der Waals surface area contributed by atoms with Crippen molar-refractivity contribution in [3.8, 4) is 5.75 Å². The summed E-state index contributed by atoms with van der Waals surface area (Å²) in [4.78, 5) is 39.1. The number of nitro groups is 1. The van der Waals surface area contributed by atoms with Crippen molar-refractivity contribution in [3.63, 3.8) is 0 Å². The molecule has 0 saturated carbocycles. The van der Waals surface area contributed by atoms with E-state index in [1.54, 1.807) is 18.2 Å². The van der Waals surface area contributed by atoms with E-state index in [0.29, 0.717) is 13.0 Å². The van der Waals surface area contributed by atoms with E-state index in [9.17, 15) is 24.8 Å². The molecule has 5 rings (SSSR count). The molecule has 4 atom stereocenters. The molecule has 1 N–H and O–H groups in total. The Balaban J connectivity index is 1.39. The first-order chi connectivity index (χ1) is 18.2. The van der Waals surface area contributed by atoms with Gasteiger partial charge < -0.3 is 9.84 Å². The number of benzene rings is 2. The maximum Gasteiger partial charge on any atom is 0.271 e. The second-order valence-electron chi connectivity index (χ2n) is 10.8. The van der Waals surface area contributed by atoms with Crippen LogP contribution in [0.3, 0.4) is 0 Å². The van der Waals surface area contributed by atoms with E-state index >= 15 is 0 Å². The molecule has 0 radical (unpaired) electrons. The molecule has 2 fully saturated rings. The Kier molecular flexibility index (Phi) is 6.92. The predicted octanol–water partition coefficient (Wildman–Crippen LogP) is 5.66. The number of hydrogen-bond acceptors (Lipinski definition) is 6. The quantitative estimate of drug-likeness (QED) is 0.220. The van der Waals surface area contributed by atoms with Crippen molar-refractivity contribution in [1.82, 2.24) is 0 Å².